The number of allylic oxidation sites excluding steroid dienone is 1. The summed E-state index contributed by atoms with van der Waals surface area (Å²) in [5, 5.41) is 12.7. The predicted octanol–water partition coefficient (Wildman–Crippen LogP) is 3.23. The Labute approximate surface area is 122 Å². The van der Waals surface area contributed by atoms with Gasteiger partial charge in [0.1, 0.15) is 12.4 Å². The normalized spacial score (nSPS) is 12.2. The fourth-order valence-corrected chi connectivity index (χ4v) is 1.61. The number of carbonyl (C=O) groups is 1. The highest BCUT2D eigenvalue weighted by atomic mass is 35.5. The Morgan fingerprint density at radius 1 is 1.45 bits per heavy atom. The van der Waals surface area contributed by atoms with E-state index in [4.69, 9.17) is 26.3 Å². The van der Waals surface area contributed by atoms with Crippen molar-refractivity contribution in [2.75, 3.05) is 13.7 Å². The third-order valence-electron chi connectivity index (χ3n) is 2.56. The zero-order valence-electron chi connectivity index (χ0n) is 11.5. The molecule has 5 nitrogen and oxygen atoms in total. The molecule has 0 aliphatic carbocycles. The van der Waals surface area contributed by atoms with Crippen molar-refractivity contribution in [3.63, 3.8) is 0 Å². The molecule has 0 aliphatic heterocycles. The number of methoxy groups -OCH3 is 1. The number of carboxylic acid groups (broad SMARTS) is 1. The van der Waals surface area contributed by atoms with Crippen LogP contribution in [-0.2, 0) is 9.63 Å². The Morgan fingerprint density at radius 2 is 2.15 bits per heavy atom. The number of ether oxygens (including phenoxy) is 1. The highest BCUT2D eigenvalue weighted by Crippen LogP contribution is 2.28. The van der Waals surface area contributed by atoms with Gasteiger partial charge in [-0.3, -0.25) is 0 Å². The van der Waals surface area contributed by atoms with Crippen LogP contribution >= 0.6 is 11.6 Å². The minimum absolute atomic E-state index is 0.101. The summed E-state index contributed by atoms with van der Waals surface area (Å²) in [7, 11) is 1.58. The zero-order valence-corrected chi connectivity index (χ0v) is 12.3. The van der Waals surface area contributed by atoms with Gasteiger partial charge in [0, 0.05) is 10.6 Å². The van der Waals surface area contributed by atoms with Crippen LogP contribution in [-0.4, -0.2) is 30.5 Å². The van der Waals surface area contributed by atoms with Gasteiger partial charge in [-0.2, -0.15) is 0 Å². The van der Waals surface area contributed by atoms with Crippen molar-refractivity contribution in [3.05, 3.63) is 34.9 Å². The molecule has 6 heteroatoms. The van der Waals surface area contributed by atoms with Gasteiger partial charge in [-0.1, -0.05) is 16.8 Å². The summed E-state index contributed by atoms with van der Waals surface area (Å²) >= 11 is 5.95. The summed E-state index contributed by atoms with van der Waals surface area (Å²) in [6, 6.07) is 5.31. The van der Waals surface area contributed by atoms with E-state index in [2.05, 4.69) is 5.16 Å². The Kier molecular flexibility index (Phi) is 6.06. The molecule has 0 bridgehead atoms. The average molecular weight is 298 g/mol. The van der Waals surface area contributed by atoms with E-state index in [1.54, 1.807) is 31.4 Å². The molecule has 0 unspecified atom stereocenters. The highest BCUT2D eigenvalue weighted by Gasteiger charge is 2.06. The van der Waals surface area contributed by atoms with Gasteiger partial charge in [-0.05, 0) is 43.7 Å². The van der Waals surface area contributed by atoms with Gasteiger partial charge < -0.3 is 14.7 Å². The molecule has 1 rings (SSSR count). The fraction of sp³-hybridized carbons (Fsp3) is 0.286. The van der Waals surface area contributed by atoms with E-state index in [1.165, 1.54) is 6.92 Å². The summed E-state index contributed by atoms with van der Waals surface area (Å²) in [5.41, 5.74) is 1.64. The maximum absolute atomic E-state index is 10.5. The molecule has 0 spiro atoms. The minimum Gasteiger partial charge on any atom is -0.496 e. The first kappa shape index (κ1) is 16.0. The largest absolute Gasteiger partial charge is 0.496 e. The van der Waals surface area contributed by atoms with Crippen molar-refractivity contribution in [1.82, 2.24) is 0 Å². The molecule has 0 radical (unpaired) electrons. The lowest BCUT2D eigenvalue weighted by molar-refractivity contribution is -0.129. The van der Waals surface area contributed by atoms with Crippen molar-refractivity contribution in [2.24, 2.45) is 5.16 Å². The van der Waals surface area contributed by atoms with E-state index >= 15 is 0 Å². The standard InChI is InChI=1S/C14H16ClNO4/c1-9(6-7-20-16-10(2)14(17)18)12-8-11(15)4-5-13(12)19-3/h4-6,8H,7H2,1-3H3,(H,17,18)/b9-6+,16-10-. The molecular formula is C14H16ClNO4. The number of hydrogen-bond donors (Lipinski definition) is 1. The van der Waals surface area contributed by atoms with Gasteiger partial charge in [0.2, 0.25) is 0 Å². The maximum atomic E-state index is 10.5. The molecule has 0 saturated carbocycles. The van der Waals surface area contributed by atoms with Crippen molar-refractivity contribution in [2.45, 2.75) is 13.8 Å². The third-order valence-corrected chi connectivity index (χ3v) is 2.80. The molecule has 108 valence electrons. The van der Waals surface area contributed by atoms with Crippen molar-refractivity contribution >= 4 is 28.9 Å². The highest BCUT2D eigenvalue weighted by molar-refractivity contribution is 6.34. The van der Waals surface area contributed by atoms with Gasteiger partial charge in [-0.25, -0.2) is 4.79 Å². The van der Waals surface area contributed by atoms with E-state index in [0.29, 0.717) is 10.8 Å². The van der Waals surface area contributed by atoms with E-state index in [9.17, 15) is 4.79 Å². The molecule has 0 fully saturated rings. The van der Waals surface area contributed by atoms with Gasteiger partial charge in [0.25, 0.3) is 0 Å². The predicted molar refractivity (Wildman–Crippen MR) is 78.4 cm³/mol. The molecule has 1 aromatic rings. The van der Waals surface area contributed by atoms with Gasteiger partial charge in [0.15, 0.2) is 5.71 Å². The summed E-state index contributed by atoms with van der Waals surface area (Å²) in [6.07, 6.45) is 1.77. The van der Waals surface area contributed by atoms with Crippen LogP contribution in [0, 0.1) is 0 Å². The molecule has 1 N–H and O–H groups in total. The second-order valence-electron chi connectivity index (χ2n) is 4.01. The quantitative estimate of drug-likeness (QED) is 0.497. The lowest BCUT2D eigenvalue weighted by Gasteiger charge is -2.09. The smallest absolute Gasteiger partial charge is 0.353 e. The summed E-state index contributed by atoms with van der Waals surface area (Å²) in [5.74, 6) is -0.407. The van der Waals surface area contributed by atoms with Crippen LogP contribution in [0.25, 0.3) is 5.57 Å². The summed E-state index contributed by atoms with van der Waals surface area (Å²) in [4.78, 5) is 15.4. The Morgan fingerprint density at radius 3 is 2.75 bits per heavy atom. The lowest BCUT2D eigenvalue weighted by atomic mass is 10.1. The molecule has 0 saturated heterocycles. The second kappa shape index (κ2) is 7.55. The molecule has 0 heterocycles. The van der Waals surface area contributed by atoms with Gasteiger partial charge >= 0.3 is 5.97 Å². The number of aliphatic carboxylic acids is 1. The van der Waals surface area contributed by atoms with Crippen LogP contribution in [0.15, 0.2) is 29.4 Å². The summed E-state index contributed by atoms with van der Waals surface area (Å²) in [6.45, 7) is 3.40. The molecule has 20 heavy (non-hydrogen) atoms. The van der Waals surface area contributed by atoms with E-state index in [0.717, 1.165) is 11.1 Å². The van der Waals surface area contributed by atoms with Crippen LogP contribution < -0.4 is 4.74 Å². The topological polar surface area (TPSA) is 68.1 Å². The number of halogens is 1. The van der Waals surface area contributed by atoms with Crippen LogP contribution in [0.3, 0.4) is 0 Å². The number of rotatable bonds is 6. The number of hydrogen-bond acceptors (Lipinski definition) is 4. The monoisotopic (exact) mass is 297 g/mol. The Bertz CT molecular complexity index is 552. The second-order valence-corrected chi connectivity index (χ2v) is 4.45. The molecular weight excluding hydrogens is 282 g/mol. The van der Waals surface area contributed by atoms with Crippen molar-refractivity contribution in [1.29, 1.82) is 0 Å². The van der Waals surface area contributed by atoms with E-state index in [-0.39, 0.29) is 12.3 Å². The zero-order chi connectivity index (χ0) is 15.1. The molecule has 0 aromatic heterocycles. The first-order valence-corrected chi connectivity index (χ1v) is 6.24. The number of benzene rings is 1. The van der Waals surface area contributed by atoms with Gasteiger partial charge in [-0.15, -0.1) is 0 Å². The average Bonchev–Trinajstić information content (AvgIpc) is 2.42. The summed E-state index contributed by atoms with van der Waals surface area (Å²) < 4.78 is 5.25. The fourth-order valence-electron chi connectivity index (χ4n) is 1.43. The first-order chi connectivity index (χ1) is 9.45. The molecule has 1 aromatic carbocycles. The lowest BCUT2D eigenvalue weighted by Crippen LogP contribution is -2.08. The van der Waals surface area contributed by atoms with E-state index < -0.39 is 5.97 Å². The van der Waals surface area contributed by atoms with E-state index in [1.807, 2.05) is 6.92 Å². The number of nitrogens with zero attached hydrogens (tertiary/aromatic N) is 1. The number of carboxylic acids is 1. The number of oxime groups is 1. The van der Waals surface area contributed by atoms with Crippen LogP contribution in [0.4, 0.5) is 0 Å². The van der Waals surface area contributed by atoms with Crippen molar-refractivity contribution < 1.29 is 19.5 Å². The van der Waals surface area contributed by atoms with Crippen LogP contribution in [0.5, 0.6) is 5.75 Å². The Hall–Kier alpha value is -2.01. The van der Waals surface area contributed by atoms with Crippen molar-refractivity contribution in [3.8, 4) is 5.75 Å². The maximum Gasteiger partial charge on any atom is 0.353 e. The Balaban J connectivity index is 2.77. The van der Waals surface area contributed by atoms with Crippen LogP contribution in [0.1, 0.15) is 19.4 Å². The van der Waals surface area contributed by atoms with Crippen LogP contribution in [0.2, 0.25) is 5.02 Å². The molecule has 0 atom stereocenters. The minimum atomic E-state index is -1.11. The SMILES string of the molecule is COc1ccc(Cl)cc1/C(C)=C/CO/N=C(/C)C(=O)O. The molecule has 0 amide bonds. The third kappa shape index (κ3) is 4.59. The van der Waals surface area contributed by atoms with Gasteiger partial charge in [0.05, 0.1) is 7.11 Å². The molecule has 0 aliphatic rings. The first-order valence-electron chi connectivity index (χ1n) is 5.86.